The van der Waals surface area contributed by atoms with E-state index in [1.807, 2.05) is 31.2 Å². The van der Waals surface area contributed by atoms with Crippen molar-refractivity contribution in [3.05, 3.63) is 83.7 Å². The topological polar surface area (TPSA) is 67.4 Å². The van der Waals surface area contributed by atoms with E-state index in [9.17, 15) is 14.0 Å². The molecule has 0 aliphatic carbocycles. The summed E-state index contributed by atoms with van der Waals surface area (Å²) in [4.78, 5) is 23.8. The van der Waals surface area contributed by atoms with Crippen molar-refractivity contribution in [1.82, 2.24) is 0 Å². The molecule has 0 aromatic heterocycles. The van der Waals surface area contributed by atoms with Crippen LogP contribution in [-0.4, -0.2) is 11.8 Å². The number of halogens is 1. The second-order valence-corrected chi connectivity index (χ2v) is 6.24. The molecule has 5 nitrogen and oxygen atoms in total. The summed E-state index contributed by atoms with van der Waals surface area (Å²) in [5, 5.41) is 5.12. The third kappa shape index (κ3) is 4.73. The third-order valence-corrected chi connectivity index (χ3v) is 3.92. The Kier molecular flexibility index (Phi) is 5.69. The number of benzene rings is 3. The summed E-state index contributed by atoms with van der Waals surface area (Å²) in [6.45, 7) is 3.25. The van der Waals surface area contributed by atoms with Crippen LogP contribution in [0.25, 0.3) is 0 Å². The van der Waals surface area contributed by atoms with Gasteiger partial charge >= 0.3 is 0 Å². The van der Waals surface area contributed by atoms with Crippen molar-refractivity contribution >= 4 is 23.2 Å². The fourth-order valence-corrected chi connectivity index (χ4v) is 2.54. The van der Waals surface area contributed by atoms with E-state index in [-0.39, 0.29) is 11.3 Å². The van der Waals surface area contributed by atoms with E-state index < -0.39 is 17.6 Å². The van der Waals surface area contributed by atoms with E-state index in [4.69, 9.17) is 4.74 Å². The van der Waals surface area contributed by atoms with Crippen LogP contribution in [-0.2, 0) is 4.79 Å². The Morgan fingerprint density at radius 2 is 1.61 bits per heavy atom. The highest BCUT2D eigenvalue weighted by Gasteiger charge is 2.13. The summed E-state index contributed by atoms with van der Waals surface area (Å²) in [6, 6.07) is 18.3. The van der Waals surface area contributed by atoms with Gasteiger partial charge in [-0.2, -0.15) is 0 Å². The normalized spacial score (nSPS) is 10.2. The van der Waals surface area contributed by atoms with Gasteiger partial charge in [-0.3, -0.25) is 9.59 Å². The van der Waals surface area contributed by atoms with Crippen molar-refractivity contribution in [2.24, 2.45) is 0 Å². The summed E-state index contributed by atoms with van der Waals surface area (Å²) in [5.41, 5.74) is 1.73. The number of nitrogens with one attached hydrogen (secondary N) is 2. The highest BCUT2D eigenvalue weighted by molar-refractivity contribution is 6.06. The van der Waals surface area contributed by atoms with E-state index >= 15 is 0 Å². The smallest absolute Gasteiger partial charge is 0.255 e. The van der Waals surface area contributed by atoms with Crippen LogP contribution in [0.4, 0.5) is 15.8 Å². The predicted molar refractivity (Wildman–Crippen MR) is 106 cm³/mol. The molecule has 2 N–H and O–H groups in total. The summed E-state index contributed by atoms with van der Waals surface area (Å²) >= 11 is 0. The van der Waals surface area contributed by atoms with E-state index in [0.29, 0.717) is 17.2 Å². The number of amides is 2. The van der Waals surface area contributed by atoms with Gasteiger partial charge in [0.25, 0.3) is 5.91 Å². The van der Waals surface area contributed by atoms with Gasteiger partial charge < -0.3 is 15.4 Å². The predicted octanol–water partition coefficient (Wildman–Crippen LogP) is 5.14. The molecule has 0 bridgehead atoms. The largest absolute Gasteiger partial charge is 0.455 e. The zero-order chi connectivity index (χ0) is 20.1. The van der Waals surface area contributed by atoms with Crippen LogP contribution in [0.15, 0.2) is 66.7 Å². The SMILES string of the molecule is CC(=O)Nc1cc(C(=O)Nc2ccccc2Oc2ccc(C)cc2)ccc1F. The van der Waals surface area contributed by atoms with Crippen molar-refractivity contribution in [3.63, 3.8) is 0 Å². The average Bonchev–Trinajstić information content (AvgIpc) is 2.66. The molecule has 0 saturated heterocycles. The van der Waals surface area contributed by atoms with Gasteiger partial charge in [0.15, 0.2) is 5.75 Å². The first kappa shape index (κ1) is 19.1. The monoisotopic (exact) mass is 378 g/mol. The third-order valence-electron chi connectivity index (χ3n) is 3.92. The number of carbonyl (C=O) groups is 2. The molecule has 0 unspecified atom stereocenters. The Labute approximate surface area is 162 Å². The Morgan fingerprint density at radius 3 is 2.32 bits per heavy atom. The molecule has 0 aliphatic heterocycles. The lowest BCUT2D eigenvalue weighted by atomic mass is 10.1. The molecule has 3 aromatic rings. The Bertz CT molecular complexity index is 1020. The van der Waals surface area contributed by atoms with Crippen molar-refractivity contribution in [2.75, 3.05) is 10.6 Å². The summed E-state index contributed by atoms with van der Waals surface area (Å²) < 4.78 is 19.7. The number of aryl methyl sites for hydroxylation is 1. The van der Waals surface area contributed by atoms with E-state index in [1.54, 1.807) is 24.3 Å². The van der Waals surface area contributed by atoms with Crippen molar-refractivity contribution in [3.8, 4) is 11.5 Å². The zero-order valence-corrected chi connectivity index (χ0v) is 15.5. The molecule has 2 amide bonds. The number of rotatable bonds is 5. The molecule has 0 saturated carbocycles. The molecule has 0 heterocycles. The van der Waals surface area contributed by atoms with Gasteiger partial charge in [0.05, 0.1) is 11.4 Å². The van der Waals surface area contributed by atoms with Gasteiger partial charge in [-0.25, -0.2) is 4.39 Å². The Hall–Kier alpha value is -3.67. The number of hydrogen-bond donors (Lipinski definition) is 2. The number of para-hydroxylation sites is 2. The highest BCUT2D eigenvalue weighted by atomic mass is 19.1. The van der Waals surface area contributed by atoms with E-state index in [1.165, 1.54) is 19.1 Å². The molecular formula is C22H19FN2O3. The van der Waals surface area contributed by atoms with E-state index in [0.717, 1.165) is 11.6 Å². The number of ether oxygens (including phenoxy) is 1. The lowest BCUT2D eigenvalue weighted by Crippen LogP contribution is -2.14. The summed E-state index contributed by atoms with van der Waals surface area (Å²) in [7, 11) is 0. The molecular weight excluding hydrogens is 359 g/mol. The average molecular weight is 378 g/mol. The molecule has 0 spiro atoms. The van der Waals surface area contributed by atoms with Crippen LogP contribution in [0.5, 0.6) is 11.5 Å². The molecule has 3 rings (SSSR count). The summed E-state index contributed by atoms with van der Waals surface area (Å²) in [6.07, 6.45) is 0. The van der Waals surface area contributed by atoms with Gasteiger partial charge in [0.1, 0.15) is 11.6 Å². The zero-order valence-electron chi connectivity index (χ0n) is 15.5. The van der Waals surface area contributed by atoms with Gasteiger partial charge in [-0.1, -0.05) is 29.8 Å². The van der Waals surface area contributed by atoms with Gasteiger partial charge in [0, 0.05) is 12.5 Å². The van der Waals surface area contributed by atoms with Crippen LogP contribution in [0.1, 0.15) is 22.8 Å². The summed E-state index contributed by atoms with van der Waals surface area (Å²) in [5.74, 6) is -0.374. The van der Waals surface area contributed by atoms with Crippen molar-refractivity contribution < 1.29 is 18.7 Å². The van der Waals surface area contributed by atoms with Gasteiger partial charge in [-0.15, -0.1) is 0 Å². The Morgan fingerprint density at radius 1 is 0.893 bits per heavy atom. The quantitative estimate of drug-likeness (QED) is 0.646. The Balaban J connectivity index is 1.81. The maximum Gasteiger partial charge on any atom is 0.255 e. The standard InChI is InChI=1S/C22H19FN2O3/c1-14-7-10-17(11-8-14)28-21-6-4-3-5-19(21)25-22(27)16-9-12-18(23)20(13-16)24-15(2)26/h3-13H,1-2H3,(H,24,26)(H,25,27). The van der Waals surface area contributed by atoms with Crippen LogP contribution >= 0.6 is 0 Å². The lowest BCUT2D eigenvalue weighted by molar-refractivity contribution is -0.114. The minimum absolute atomic E-state index is 0.0515. The number of carbonyl (C=O) groups excluding carboxylic acids is 2. The molecule has 0 fully saturated rings. The second-order valence-electron chi connectivity index (χ2n) is 6.24. The van der Waals surface area contributed by atoms with Crippen molar-refractivity contribution in [1.29, 1.82) is 0 Å². The molecule has 6 heteroatoms. The molecule has 0 radical (unpaired) electrons. The maximum absolute atomic E-state index is 13.8. The first-order chi connectivity index (χ1) is 13.4. The first-order valence-electron chi connectivity index (χ1n) is 8.64. The molecule has 142 valence electrons. The molecule has 3 aromatic carbocycles. The van der Waals surface area contributed by atoms with Crippen LogP contribution in [0.2, 0.25) is 0 Å². The molecule has 0 aliphatic rings. The van der Waals surface area contributed by atoms with Crippen molar-refractivity contribution in [2.45, 2.75) is 13.8 Å². The molecule has 0 atom stereocenters. The van der Waals surface area contributed by atoms with E-state index in [2.05, 4.69) is 10.6 Å². The van der Waals surface area contributed by atoms with Gasteiger partial charge in [-0.05, 0) is 49.4 Å². The lowest BCUT2D eigenvalue weighted by Gasteiger charge is -2.13. The minimum atomic E-state index is -0.616. The highest BCUT2D eigenvalue weighted by Crippen LogP contribution is 2.30. The minimum Gasteiger partial charge on any atom is -0.455 e. The first-order valence-corrected chi connectivity index (χ1v) is 8.64. The molecule has 28 heavy (non-hydrogen) atoms. The fraction of sp³-hybridized carbons (Fsp3) is 0.0909. The van der Waals surface area contributed by atoms with Crippen LogP contribution in [0.3, 0.4) is 0 Å². The van der Waals surface area contributed by atoms with Crippen LogP contribution < -0.4 is 15.4 Å². The maximum atomic E-state index is 13.8. The number of anilines is 2. The number of hydrogen-bond acceptors (Lipinski definition) is 3. The van der Waals surface area contributed by atoms with Crippen LogP contribution in [0, 0.1) is 12.7 Å². The fourth-order valence-electron chi connectivity index (χ4n) is 2.54. The van der Waals surface area contributed by atoms with Gasteiger partial charge in [0.2, 0.25) is 5.91 Å². The second kappa shape index (κ2) is 8.35.